The molecule has 0 aliphatic rings. The molecule has 0 saturated heterocycles. The van der Waals surface area contributed by atoms with E-state index in [1.165, 1.54) is 23.9 Å². The van der Waals surface area contributed by atoms with Gasteiger partial charge >= 0.3 is 5.17 Å². The van der Waals surface area contributed by atoms with E-state index in [0.717, 1.165) is 11.4 Å². The molecule has 6 heteroatoms. The maximum Gasteiger partial charge on any atom is 0.307 e. The van der Waals surface area contributed by atoms with E-state index in [4.69, 9.17) is 10.5 Å². The lowest BCUT2D eigenvalue weighted by molar-refractivity contribution is -0.351. The first-order valence-corrected chi connectivity index (χ1v) is 6.92. The molecule has 0 aliphatic heterocycles. The lowest BCUT2D eigenvalue weighted by atomic mass is 10.3. The minimum atomic E-state index is -0.303. The molecule has 1 aromatic carbocycles. The van der Waals surface area contributed by atoms with Crippen LogP contribution in [-0.2, 0) is 5.75 Å². The van der Waals surface area contributed by atoms with Crippen LogP contribution in [0.4, 0.5) is 10.1 Å². The van der Waals surface area contributed by atoms with Crippen LogP contribution in [0.15, 0.2) is 42.6 Å². The van der Waals surface area contributed by atoms with Gasteiger partial charge in [0.1, 0.15) is 17.3 Å². The number of thioether (sulfide) groups is 1. The smallest absolute Gasteiger partial charge is 0.307 e. The van der Waals surface area contributed by atoms with E-state index >= 15 is 0 Å². The maximum absolute atomic E-state index is 13.0. The Labute approximate surface area is 120 Å². The van der Waals surface area contributed by atoms with Gasteiger partial charge in [-0.15, -0.1) is 0 Å². The predicted molar refractivity (Wildman–Crippen MR) is 78.3 cm³/mol. The third kappa shape index (κ3) is 4.24. The molecule has 3 N–H and O–H groups in total. The fraction of sp³-hybridized carbons (Fsp3) is 0.143. The van der Waals surface area contributed by atoms with Gasteiger partial charge in [-0.05, 0) is 30.0 Å². The summed E-state index contributed by atoms with van der Waals surface area (Å²) in [5.74, 6) is 1.06. The molecule has 0 radical (unpaired) electrons. The highest BCUT2D eigenvalue weighted by atomic mass is 32.2. The van der Waals surface area contributed by atoms with Gasteiger partial charge < -0.3 is 4.74 Å². The van der Waals surface area contributed by atoms with Crippen LogP contribution in [0.3, 0.4) is 0 Å². The van der Waals surface area contributed by atoms with Crippen LogP contribution in [0, 0.1) is 5.82 Å². The summed E-state index contributed by atoms with van der Waals surface area (Å²) in [5.41, 5.74) is 7.34. The molecule has 0 aliphatic carbocycles. The van der Waals surface area contributed by atoms with Crippen LogP contribution in [0.5, 0.6) is 5.75 Å². The normalized spacial score (nSPS) is 11.4. The van der Waals surface area contributed by atoms with Crippen LogP contribution in [0.1, 0.15) is 5.69 Å². The lowest BCUT2D eigenvalue weighted by Crippen LogP contribution is -2.68. The van der Waals surface area contributed by atoms with Crippen LogP contribution in [0.2, 0.25) is 0 Å². The number of amidine groups is 1. The van der Waals surface area contributed by atoms with Crippen molar-refractivity contribution < 1.29 is 14.1 Å². The number of methoxy groups -OCH3 is 1. The number of pyridine rings is 1. The highest BCUT2D eigenvalue weighted by molar-refractivity contribution is 8.12. The quantitative estimate of drug-likeness (QED) is 0.656. The summed E-state index contributed by atoms with van der Waals surface area (Å²) in [7, 11) is 1.61. The summed E-state index contributed by atoms with van der Waals surface area (Å²) >= 11 is 1.39. The molecule has 0 fully saturated rings. The average Bonchev–Trinajstić information content (AvgIpc) is 2.45. The van der Waals surface area contributed by atoms with Gasteiger partial charge in [0.25, 0.3) is 0 Å². The third-order valence-electron chi connectivity index (χ3n) is 2.49. The van der Waals surface area contributed by atoms with Crippen molar-refractivity contribution in [2.75, 3.05) is 7.11 Å². The molecular formula is C14H15FN3OS+. The van der Waals surface area contributed by atoms with Crippen LogP contribution in [0.25, 0.3) is 0 Å². The number of aromatic nitrogens is 1. The Morgan fingerprint density at radius 3 is 3.00 bits per heavy atom. The monoisotopic (exact) mass is 292 g/mol. The number of nitrogens with zero attached hydrogens (tertiary/aromatic N) is 1. The first-order chi connectivity index (χ1) is 9.67. The van der Waals surface area contributed by atoms with Crippen molar-refractivity contribution in [2.45, 2.75) is 5.75 Å². The predicted octanol–water partition coefficient (Wildman–Crippen LogP) is 1.19. The summed E-state index contributed by atoms with van der Waals surface area (Å²) in [6.45, 7) is 0. The zero-order valence-corrected chi connectivity index (χ0v) is 11.8. The number of hydrogen-bond acceptors (Lipinski definition) is 3. The molecule has 0 atom stereocenters. The Morgan fingerprint density at radius 1 is 1.40 bits per heavy atom. The highest BCUT2D eigenvalue weighted by Gasteiger charge is 2.05. The van der Waals surface area contributed by atoms with Crippen molar-refractivity contribution in [3.05, 3.63) is 54.1 Å². The standard InChI is InChI=1S/C14H14FN3OS/c1-19-13-5-6-17-12(8-13)9-20-14(16)18-11-4-2-3-10(15)7-11/h2-8H,9H2,1H3,(H2,16,18)/p+1. The second-order valence-electron chi connectivity index (χ2n) is 3.98. The van der Waals surface area contributed by atoms with Crippen molar-refractivity contribution in [1.29, 1.82) is 0 Å². The van der Waals surface area contributed by atoms with E-state index in [1.807, 2.05) is 6.07 Å². The molecule has 2 rings (SSSR count). The summed E-state index contributed by atoms with van der Waals surface area (Å²) in [4.78, 5) is 7.16. The molecular weight excluding hydrogens is 277 g/mol. The maximum atomic E-state index is 13.0. The molecule has 0 amide bonds. The van der Waals surface area contributed by atoms with Crippen molar-refractivity contribution in [3.8, 4) is 5.75 Å². The first kappa shape index (κ1) is 14.3. The second kappa shape index (κ2) is 6.91. The van der Waals surface area contributed by atoms with Gasteiger partial charge in [-0.1, -0.05) is 6.07 Å². The van der Waals surface area contributed by atoms with Crippen molar-refractivity contribution in [3.63, 3.8) is 0 Å². The molecule has 104 valence electrons. The zero-order valence-electron chi connectivity index (χ0n) is 11.0. The van der Waals surface area contributed by atoms with Crippen molar-refractivity contribution >= 4 is 22.6 Å². The molecule has 0 bridgehead atoms. The Hall–Kier alpha value is -2.08. The minimum absolute atomic E-state index is 0.303. The Bertz CT molecular complexity index is 619. The Morgan fingerprint density at radius 2 is 2.25 bits per heavy atom. The number of rotatable bonds is 4. The first-order valence-electron chi connectivity index (χ1n) is 5.94. The Balaban J connectivity index is 1.99. The van der Waals surface area contributed by atoms with E-state index in [9.17, 15) is 4.39 Å². The minimum Gasteiger partial charge on any atom is -0.497 e. The molecule has 1 aromatic heterocycles. The van der Waals surface area contributed by atoms with E-state index in [2.05, 4.69) is 9.98 Å². The SMILES string of the molecule is COc1ccnc(CSC(N)=[NH+]c2cccc(F)c2)c1. The van der Waals surface area contributed by atoms with Gasteiger partial charge in [0, 0.05) is 24.1 Å². The fourth-order valence-electron chi connectivity index (χ4n) is 1.56. The van der Waals surface area contributed by atoms with Crippen LogP contribution >= 0.6 is 11.8 Å². The van der Waals surface area contributed by atoms with E-state index in [1.54, 1.807) is 31.5 Å². The van der Waals surface area contributed by atoms with Gasteiger partial charge in [0.05, 0.1) is 12.8 Å². The molecule has 0 unspecified atom stereocenters. The zero-order chi connectivity index (χ0) is 14.4. The van der Waals surface area contributed by atoms with Gasteiger partial charge in [0.2, 0.25) is 0 Å². The van der Waals surface area contributed by atoms with Gasteiger partial charge in [-0.25, -0.2) is 9.38 Å². The van der Waals surface area contributed by atoms with Gasteiger partial charge in [-0.3, -0.25) is 10.7 Å². The van der Waals surface area contributed by atoms with Crippen molar-refractivity contribution in [1.82, 2.24) is 4.98 Å². The van der Waals surface area contributed by atoms with Crippen LogP contribution < -0.4 is 15.5 Å². The third-order valence-corrected chi connectivity index (χ3v) is 3.34. The van der Waals surface area contributed by atoms with Crippen molar-refractivity contribution in [2.24, 2.45) is 5.73 Å². The molecule has 1 heterocycles. The molecule has 20 heavy (non-hydrogen) atoms. The average molecular weight is 292 g/mol. The molecule has 2 aromatic rings. The molecule has 0 saturated carbocycles. The van der Waals surface area contributed by atoms with Gasteiger partial charge in [-0.2, -0.15) is 0 Å². The number of hydrogen-bond donors (Lipinski definition) is 2. The topological polar surface area (TPSA) is 62.1 Å². The Kier molecular flexibility index (Phi) is 4.95. The van der Waals surface area contributed by atoms with Crippen LogP contribution in [-0.4, -0.2) is 17.3 Å². The largest absolute Gasteiger partial charge is 0.497 e. The summed E-state index contributed by atoms with van der Waals surface area (Å²) in [5, 5.41) is 0.486. The summed E-state index contributed by atoms with van der Waals surface area (Å²) in [6.07, 6.45) is 1.69. The number of nitrogens with two attached hydrogens (primary N) is 1. The van der Waals surface area contributed by atoms with E-state index in [0.29, 0.717) is 16.6 Å². The number of benzene rings is 1. The summed E-state index contributed by atoms with van der Waals surface area (Å²) in [6, 6.07) is 9.78. The number of ether oxygens (including phenoxy) is 1. The fourth-order valence-corrected chi connectivity index (χ4v) is 2.21. The van der Waals surface area contributed by atoms with E-state index < -0.39 is 0 Å². The second-order valence-corrected chi connectivity index (χ2v) is 4.99. The number of halogens is 1. The van der Waals surface area contributed by atoms with Gasteiger partial charge in [0.15, 0.2) is 0 Å². The molecule has 0 spiro atoms. The molecule has 4 nitrogen and oxygen atoms in total. The number of nitrogens with one attached hydrogen (secondary N) is 1. The lowest BCUT2D eigenvalue weighted by Gasteiger charge is -2.01. The summed E-state index contributed by atoms with van der Waals surface area (Å²) < 4.78 is 18.2. The highest BCUT2D eigenvalue weighted by Crippen LogP contribution is 2.14. The van der Waals surface area contributed by atoms with E-state index in [-0.39, 0.29) is 5.82 Å².